The van der Waals surface area contributed by atoms with Crippen LogP contribution >= 0.6 is 22.7 Å². The second kappa shape index (κ2) is 11.9. The van der Waals surface area contributed by atoms with E-state index < -0.39 is 17.5 Å². The van der Waals surface area contributed by atoms with E-state index in [4.69, 9.17) is 14.5 Å². The molecule has 6 rings (SSSR count). The number of pyridine rings is 1. The molecule has 0 atom stereocenters. The monoisotopic (exact) mass is 604 g/mol. The number of carbonyl (C=O) groups is 2. The molecule has 0 saturated heterocycles. The number of hydrogen-bond acceptors (Lipinski definition) is 9. The number of aromatic nitrogens is 1. The minimum atomic E-state index is -0.496. The molecule has 0 amide bonds. The highest BCUT2D eigenvalue weighted by atomic mass is 32.1. The number of hydrogen-bond donors (Lipinski definition) is 1. The van der Waals surface area contributed by atoms with E-state index in [0.29, 0.717) is 37.5 Å². The SMILES string of the molecule is CCOC(=O)c1c(N=Cc2c(O)n(-c3sc4c(c3C(=O)OCC)CCCC4)c(=O)c3ccccc23)sc2c1CCCC2. The number of aromatic hydroxyl groups is 1. The number of ether oxygens (including phenoxy) is 2. The summed E-state index contributed by atoms with van der Waals surface area (Å²) in [6.45, 7) is 3.99. The molecule has 2 aliphatic rings. The van der Waals surface area contributed by atoms with E-state index in [0.717, 1.165) is 72.2 Å². The van der Waals surface area contributed by atoms with Gasteiger partial charge in [0.05, 0.1) is 29.9 Å². The fourth-order valence-electron chi connectivity index (χ4n) is 5.98. The Labute approximate surface area is 251 Å². The Hall–Kier alpha value is -3.76. The van der Waals surface area contributed by atoms with Crippen LogP contribution < -0.4 is 5.56 Å². The zero-order valence-electron chi connectivity index (χ0n) is 23.7. The second-order valence-corrected chi connectivity index (χ2v) is 12.6. The molecule has 3 heterocycles. The summed E-state index contributed by atoms with van der Waals surface area (Å²) < 4.78 is 12.0. The van der Waals surface area contributed by atoms with Crippen LogP contribution in [0.3, 0.4) is 0 Å². The third-order valence-corrected chi connectivity index (χ3v) is 10.4. The smallest absolute Gasteiger partial charge is 0.341 e. The maximum Gasteiger partial charge on any atom is 0.341 e. The van der Waals surface area contributed by atoms with Gasteiger partial charge in [0.15, 0.2) is 0 Å². The van der Waals surface area contributed by atoms with E-state index in [1.807, 2.05) is 0 Å². The first-order chi connectivity index (χ1) is 20.4. The molecule has 3 aromatic heterocycles. The van der Waals surface area contributed by atoms with E-state index in [1.54, 1.807) is 38.1 Å². The van der Waals surface area contributed by atoms with Crippen LogP contribution in [0.2, 0.25) is 0 Å². The zero-order valence-corrected chi connectivity index (χ0v) is 25.3. The minimum absolute atomic E-state index is 0.201. The largest absolute Gasteiger partial charge is 0.494 e. The number of fused-ring (bicyclic) bond motifs is 3. The highest BCUT2D eigenvalue weighted by Gasteiger charge is 2.30. The Morgan fingerprint density at radius 3 is 2.12 bits per heavy atom. The van der Waals surface area contributed by atoms with Gasteiger partial charge in [-0.05, 0) is 82.4 Å². The fourth-order valence-corrected chi connectivity index (χ4v) is 8.58. The highest BCUT2D eigenvalue weighted by Crippen LogP contribution is 2.42. The summed E-state index contributed by atoms with van der Waals surface area (Å²) in [5.74, 6) is -1.21. The lowest BCUT2D eigenvalue weighted by atomic mass is 9.95. The number of rotatable bonds is 7. The summed E-state index contributed by atoms with van der Waals surface area (Å²) in [6, 6.07) is 7.03. The molecular formula is C32H32N2O6S2. The van der Waals surface area contributed by atoms with Crippen molar-refractivity contribution in [3.05, 3.63) is 72.2 Å². The van der Waals surface area contributed by atoms with Crippen molar-refractivity contribution < 1.29 is 24.2 Å². The Kier molecular flexibility index (Phi) is 8.00. The predicted octanol–water partition coefficient (Wildman–Crippen LogP) is 6.68. The topological polar surface area (TPSA) is 107 Å². The number of aliphatic imine (C=N–C) groups is 1. The molecule has 2 aliphatic carbocycles. The normalized spacial score (nSPS) is 14.6. The summed E-state index contributed by atoms with van der Waals surface area (Å²) in [7, 11) is 0. The molecule has 0 aliphatic heterocycles. The molecule has 218 valence electrons. The highest BCUT2D eigenvalue weighted by molar-refractivity contribution is 7.16. The van der Waals surface area contributed by atoms with E-state index in [1.165, 1.54) is 33.5 Å². The van der Waals surface area contributed by atoms with Crippen LogP contribution in [0.1, 0.15) is 86.7 Å². The zero-order chi connectivity index (χ0) is 29.4. The Bertz CT molecular complexity index is 1790. The van der Waals surface area contributed by atoms with Gasteiger partial charge in [-0.25, -0.2) is 19.1 Å². The van der Waals surface area contributed by atoms with Crippen molar-refractivity contribution in [2.45, 2.75) is 65.2 Å². The molecule has 4 aromatic rings. The van der Waals surface area contributed by atoms with Gasteiger partial charge in [0, 0.05) is 26.7 Å². The van der Waals surface area contributed by atoms with Gasteiger partial charge in [-0.15, -0.1) is 22.7 Å². The quantitative estimate of drug-likeness (QED) is 0.186. The van der Waals surface area contributed by atoms with Crippen molar-refractivity contribution in [3.8, 4) is 10.9 Å². The number of esters is 2. The van der Waals surface area contributed by atoms with Crippen molar-refractivity contribution >= 4 is 56.6 Å². The lowest BCUT2D eigenvalue weighted by Crippen LogP contribution is -2.22. The van der Waals surface area contributed by atoms with Crippen molar-refractivity contribution in [1.82, 2.24) is 4.57 Å². The summed E-state index contributed by atoms with van der Waals surface area (Å²) in [6.07, 6.45) is 8.74. The molecular weight excluding hydrogens is 572 g/mol. The van der Waals surface area contributed by atoms with Crippen molar-refractivity contribution in [2.75, 3.05) is 13.2 Å². The summed E-state index contributed by atoms with van der Waals surface area (Å²) in [5, 5.41) is 13.6. The first kappa shape index (κ1) is 28.4. The lowest BCUT2D eigenvalue weighted by Gasteiger charge is -2.15. The van der Waals surface area contributed by atoms with Gasteiger partial charge in [-0.1, -0.05) is 18.2 Å². The second-order valence-electron chi connectivity index (χ2n) is 10.4. The Morgan fingerprint density at radius 2 is 1.45 bits per heavy atom. The minimum Gasteiger partial charge on any atom is -0.494 e. The van der Waals surface area contributed by atoms with Crippen LogP contribution in [-0.4, -0.2) is 41.0 Å². The van der Waals surface area contributed by atoms with Gasteiger partial charge < -0.3 is 14.6 Å². The van der Waals surface area contributed by atoms with E-state index in [9.17, 15) is 19.5 Å². The van der Waals surface area contributed by atoms with Gasteiger partial charge in [0.2, 0.25) is 5.88 Å². The first-order valence-electron chi connectivity index (χ1n) is 14.5. The molecule has 0 spiro atoms. The lowest BCUT2D eigenvalue weighted by molar-refractivity contribution is 0.0516. The van der Waals surface area contributed by atoms with Crippen LogP contribution in [-0.2, 0) is 35.2 Å². The van der Waals surface area contributed by atoms with Gasteiger partial charge in [-0.3, -0.25) is 4.79 Å². The molecule has 1 N–H and O–H groups in total. The van der Waals surface area contributed by atoms with E-state index in [2.05, 4.69) is 0 Å². The van der Waals surface area contributed by atoms with Crippen molar-refractivity contribution in [1.29, 1.82) is 0 Å². The van der Waals surface area contributed by atoms with Crippen LogP contribution in [0.15, 0.2) is 34.1 Å². The van der Waals surface area contributed by atoms with Crippen molar-refractivity contribution in [2.24, 2.45) is 4.99 Å². The van der Waals surface area contributed by atoms with Gasteiger partial charge in [0.25, 0.3) is 5.56 Å². The van der Waals surface area contributed by atoms with E-state index >= 15 is 0 Å². The number of benzene rings is 1. The van der Waals surface area contributed by atoms with Crippen LogP contribution in [0.25, 0.3) is 15.8 Å². The summed E-state index contributed by atoms with van der Waals surface area (Å²) >= 11 is 2.83. The molecule has 0 bridgehead atoms. The van der Waals surface area contributed by atoms with Crippen LogP contribution in [0.5, 0.6) is 5.88 Å². The summed E-state index contributed by atoms with van der Waals surface area (Å²) in [5.41, 5.74) is 2.63. The van der Waals surface area contributed by atoms with E-state index in [-0.39, 0.29) is 19.1 Å². The molecule has 0 radical (unpaired) electrons. The average molecular weight is 605 g/mol. The standard InChI is InChI=1S/C32H32N2O6S2/c1-3-39-31(37)25-20-13-7-9-15-23(20)41-27(25)33-17-22-18-11-5-6-12-19(18)28(35)34(29(22)36)30-26(32(38)40-4-2)21-14-8-10-16-24(21)42-30/h5-6,11-12,17,36H,3-4,7-10,13-16H2,1-2H3. The Balaban J connectivity index is 1.56. The van der Waals surface area contributed by atoms with Gasteiger partial charge in [0.1, 0.15) is 10.0 Å². The predicted molar refractivity (Wildman–Crippen MR) is 166 cm³/mol. The fraction of sp³-hybridized carbons (Fsp3) is 0.375. The number of aryl methyl sites for hydroxylation is 2. The molecule has 0 unspecified atom stereocenters. The third-order valence-electron chi connectivity index (χ3n) is 7.88. The van der Waals surface area contributed by atoms with Crippen molar-refractivity contribution in [3.63, 3.8) is 0 Å². The third kappa shape index (κ3) is 4.86. The summed E-state index contributed by atoms with van der Waals surface area (Å²) in [4.78, 5) is 47.1. The molecule has 1 aromatic carbocycles. The van der Waals surface area contributed by atoms with Crippen LogP contribution in [0.4, 0.5) is 5.00 Å². The molecule has 0 saturated carbocycles. The maximum absolute atomic E-state index is 13.9. The number of nitrogens with zero attached hydrogens (tertiary/aromatic N) is 2. The first-order valence-corrected chi connectivity index (χ1v) is 16.1. The molecule has 0 fully saturated rings. The van der Waals surface area contributed by atoms with Crippen LogP contribution in [0, 0.1) is 0 Å². The maximum atomic E-state index is 13.9. The molecule has 8 nitrogen and oxygen atoms in total. The molecule has 10 heteroatoms. The Morgan fingerprint density at radius 1 is 0.881 bits per heavy atom. The molecule has 42 heavy (non-hydrogen) atoms. The number of carbonyl (C=O) groups excluding carboxylic acids is 2. The average Bonchev–Trinajstić information content (AvgIpc) is 3.56. The number of thiophene rings is 2. The van der Waals surface area contributed by atoms with Gasteiger partial charge in [-0.2, -0.15) is 0 Å². The van der Waals surface area contributed by atoms with Gasteiger partial charge >= 0.3 is 11.9 Å².